The van der Waals surface area contributed by atoms with Gasteiger partial charge in [0, 0.05) is 15.6 Å². The predicted molar refractivity (Wildman–Crippen MR) is 159 cm³/mol. The van der Waals surface area contributed by atoms with Crippen molar-refractivity contribution in [3.63, 3.8) is 0 Å². The molecule has 0 aliphatic heterocycles. The van der Waals surface area contributed by atoms with Gasteiger partial charge < -0.3 is 14.2 Å². The number of aryl methyl sites for hydroxylation is 1. The molecule has 0 fully saturated rings. The van der Waals surface area contributed by atoms with Gasteiger partial charge in [0.1, 0.15) is 5.75 Å². The molecule has 4 aromatic rings. The molecule has 0 radical (unpaired) electrons. The molecule has 38 heavy (non-hydrogen) atoms. The first kappa shape index (κ1) is 27.9. The Balaban J connectivity index is 1.99. The predicted octanol–water partition coefficient (Wildman–Crippen LogP) is 7.32. The summed E-state index contributed by atoms with van der Waals surface area (Å²) in [5.74, 6) is 2.56. The Kier molecular flexibility index (Phi) is 8.57. The van der Waals surface area contributed by atoms with Crippen molar-refractivity contribution in [2.75, 3.05) is 20.8 Å². The SMILES string of the molecule is CCOc1cc(C)c(-c2nc3ccccc3c(=O)n2N=Cc2cc(OC)c(OC)c(Br)c2Br)cc1C(C)C. The van der Waals surface area contributed by atoms with Gasteiger partial charge >= 0.3 is 0 Å². The first-order valence-electron chi connectivity index (χ1n) is 12.2. The van der Waals surface area contributed by atoms with Crippen molar-refractivity contribution in [1.82, 2.24) is 9.66 Å². The summed E-state index contributed by atoms with van der Waals surface area (Å²) in [4.78, 5) is 18.6. The van der Waals surface area contributed by atoms with Crippen LogP contribution >= 0.6 is 31.9 Å². The van der Waals surface area contributed by atoms with E-state index in [1.54, 1.807) is 32.6 Å². The maximum atomic E-state index is 13.7. The topological polar surface area (TPSA) is 74.9 Å². The molecule has 0 saturated heterocycles. The maximum Gasteiger partial charge on any atom is 0.282 e. The fourth-order valence-corrected chi connectivity index (χ4v) is 5.22. The lowest BCUT2D eigenvalue weighted by atomic mass is 9.96. The van der Waals surface area contributed by atoms with Crippen LogP contribution in [0.15, 0.2) is 61.3 Å². The number of rotatable bonds is 8. The van der Waals surface area contributed by atoms with Gasteiger partial charge in [0.05, 0.1) is 42.4 Å². The van der Waals surface area contributed by atoms with Gasteiger partial charge in [-0.2, -0.15) is 9.78 Å². The monoisotopic (exact) mass is 641 g/mol. The molecule has 3 aromatic carbocycles. The highest BCUT2D eigenvalue weighted by Crippen LogP contribution is 2.42. The molecule has 0 aliphatic rings. The van der Waals surface area contributed by atoms with E-state index in [-0.39, 0.29) is 11.5 Å². The molecular formula is C29H29Br2N3O4. The summed E-state index contributed by atoms with van der Waals surface area (Å²) < 4.78 is 19.6. The summed E-state index contributed by atoms with van der Waals surface area (Å²) in [6.45, 7) is 8.75. The minimum absolute atomic E-state index is 0.208. The summed E-state index contributed by atoms with van der Waals surface area (Å²) in [5.41, 5.74) is 3.80. The van der Waals surface area contributed by atoms with Crippen LogP contribution in [0.25, 0.3) is 22.3 Å². The third-order valence-electron chi connectivity index (χ3n) is 6.17. The molecule has 0 spiro atoms. The minimum Gasteiger partial charge on any atom is -0.494 e. The van der Waals surface area contributed by atoms with Gasteiger partial charge in [-0.25, -0.2) is 4.98 Å². The van der Waals surface area contributed by atoms with E-state index >= 15 is 0 Å². The number of halogens is 2. The molecule has 9 heteroatoms. The Morgan fingerprint density at radius 2 is 1.79 bits per heavy atom. The lowest BCUT2D eigenvalue weighted by molar-refractivity contribution is 0.335. The van der Waals surface area contributed by atoms with Crippen molar-refractivity contribution in [2.45, 2.75) is 33.6 Å². The fraction of sp³-hybridized carbons (Fsp3) is 0.276. The third kappa shape index (κ3) is 5.22. The van der Waals surface area contributed by atoms with E-state index in [0.717, 1.165) is 22.4 Å². The molecule has 0 atom stereocenters. The highest BCUT2D eigenvalue weighted by atomic mass is 79.9. The Labute approximate surface area is 238 Å². The second-order valence-electron chi connectivity index (χ2n) is 8.94. The zero-order valence-electron chi connectivity index (χ0n) is 22.1. The largest absolute Gasteiger partial charge is 0.494 e. The van der Waals surface area contributed by atoms with Crippen molar-refractivity contribution >= 4 is 49.0 Å². The summed E-state index contributed by atoms with van der Waals surface area (Å²) in [6, 6.07) is 13.1. The molecule has 1 aromatic heterocycles. The van der Waals surface area contributed by atoms with E-state index in [1.165, 1.54) is 4.68 Å². The summed E-state index contributed by atoms with van der Waals surface area (Å²) in [6.07, 6.45) is 1.60. The molecule has 0 unspecified atom stereocenters. The quantitative estimate of drug-likeness (QED) is 0.188. The normalized spacial score (nSPS) is 11.5. The number of hydrogen-bond donors (Lipinski definition) is 0. The lowest BCUT2D eigenvalue weighted by Crippen LogP contribution is -2.21. The average molecular weight is 643 g/mol. The van der Waals surface area contributed by atoms with Gasteiger partial charge in [0.2, 0.25) is 0 Å². The van der Waals surface area contributed by atoms with Gasteiger partial charge in [0.25, 0.3) is 5.56 Å². The van der Waals surface area contributed by atoms with Crippen LogP contribution in [0.1, 0.15) is 43.4 Å². The van der Waals surface area contributed by atoms with E-state index in [2.05, 4.69) is 56.9 Å². The summed E-state index contributed by atoms with van der Waals surface area (Å²) in [7, 11) is 3.13. The van der Waals surface area contributed by atoms with Crippen LogP contribution in [-0.2, 0) is 0 Å². The standard InChI is InChI=1S/C29H29Br2N3O4/c1-7-38-23-12-17(4)21(14-20(23)16(2)3)28-33-22-11-9-8-10-19(22)29(35)34(28)32-15-18-13-24(36-5)27(37-6)26(31)25(18)30/h8-16H,7H2,1-6H3. The smallest absolute Gasteiger partial charge is 0.282 e. The van der Waals surface area contributed by atoms with Crippen LogP contribution < -0.4 is 19.8 Å². The Bertz CT molecular complexity index is 1600. The molecule has 0 amide bonds. The number of benzene rings is 3. The van der Waals surface area contributed by atoms with Crippen molar-refractivity contribution < 1.29 is 14.2 Å². The average Bonchev–Trinajstić information content (AvgIpc) is 2.90. The van der Waals surface area contributed by atoms with Crippen molar-refractivity contribution in [1.29, 1.82) is 0 Å². The number of aromatic nitrogens is 2. The van der Waals surface area contributed by atoms with E-state index in [0.29, 0.717) is 49.3 Å². The number of nitrogens with zero attached hydrogens (tertiary/aromatic N) is 3. The first-order chi connectivity index (χ1) is 18.2. The summed E-state index contributed by atoms with van der Waals surface area (Å²) >= 11 is 7.15. The lowest BCUT2D eigenvalue weighted by Gasteiger charge is -2.18. The molecular weight excluding hydrogens is 614 g/mol. The third-order valence-corrected chi connectivity index (χ3v) is 8.31. The second kappa shape index (κ2) is 11.7. The Hall–Kier alpha value is -3.17. The Morgan fingerprint density at radius 3 is 2.45 bits per heavy atom. The van der Waals surface area contributed by atoms with E-state index in [4.69, 9.17) is 19.2 Å². The zero-order valence-corrected chi connectivity index (χ0v) is 25.3. The zero-order chi connectivity index (χ0) is 27.6. The molecule has 1 heterocycles. The van der Waals surface area contributed by atoms with Crippen LogP contribution in [0.5, 0.6) is 17.2 Å². The van der Waals surface area contributed by atoms with Gasteiger partial charge in [-0.1, -0.05) is 26.0 Å². The van der Waals surface area contributed by atoms with Crippen LogP contribution in [0.3, 0.4) is 0 Å². The van der Waals surface area contributed by atoms with Crippen molar-refractivity contribution in [3.05, 3.63) is 78.5 Å². The van der Waals surface area contributed by atoms with Gasteiger partial charge in [-0.3, -0.25) is 4.79 Å². The number of hydrogen-bond acceptors (Lipinski definition) is 6. The van der Waals surface area contributed by atoms with Crippen LogP contribution in [0, 0.1) is 6.92 Å². The minimum atomic E-state index is -0.267. The highest BCUT2D eigenvalue weighted by molar-refractivity contribution is 9.13. The van der Waals surface area contributed by atoms with Crippen LogP contribution in [-0.4, -0.2) is 36.7 Å². The fourth-order valence-electron chi connectivity index (χ4n) is 4.24. The molecule has 7 nitrogen and oxygen atoms in total. The molecule has 0 saturated carbocycles. The van der Waals surface area contributed by atoms with E-state index in [1.807, 2.05) is 38.1 Å². The van der Waals surface area contributed by atoms with Crippen molar-refractivity contribution in [3.8, 4) is 28.6 Å². The number of fused-ring (bicyclic) bond motifs is 1. The molecule has 4 rings (SSSR count). The maximum absolute atomic E-state index is 13.7. The van der Waals surface area contributed by atoms with Crippen LogP contribution in [0.2, 0.25) is 0 Å². The summed E-state index contributed by atoms with van der Waals surface area (Å²) in [5, 5.41) is 5.13. The second-order valence-corrected chi connectivity index (χ2v) is 10.5. The first-order valence-corrected chi connectivity index (χ1v) is 13.7. The molecule has 198 valence electrons. The van der Waals surface area contributed by atoms with E-state index in [9.17, 15) is 4.79 Å². The van der Waals surface area contributed by atoms with Gasteiger partial charge in [-0.15, -0.1) is 0 Å². The van der Waals surface area contributed by atoms with E-state index < -0.39 is 0 Å². The Morgan fingerprint density at radius 1 is 1.05 bits per heavy atom. The molecule has 0 bridgehead atoms. The van der Waals surface area contributed by atoms with Crippen molar-refractivity contribution in [2.24, 2.45) is 5.10 Å². The molecule has 0 N–H and O–H groups in total. The molecule has 0 aliphatic carbocycles. The van der Waals surface area contributed by atoms with Gasteiger partial charge in [0.15, 0.2) is 17.3 Å². The van der Waals surface area contributed by atoms with Gasteiger partial charge in [-0.05, 0) is 93.1 Å². The van der Waals surface area contributed by atoms with Crippen LogP contribution in [0.4, 0.5) is 0 Å². The highest BCUT2D eigenvalue weighted by Gasteiger charge is 2.19. The number of methoxy groups -OCH3 is 2. The number of ether oxygens (including phenoxy) is 3. The number of para-hydroxylation sites is 1.